The van der Waals surface area contributed by atoms with Gasteiger partial charge in [-0.2, -0.15) is 5.10 Å². The van der Waals surface area contributed by atoms with E-state index >= 15 is 0 Å². The number of nitrogens with one attached hydrogen (secondary N) is 1. The van der Waals surface area contributed by atoms with E-state index in [4.69, 9.17) is 4.74 Å². The molecule has 0 radical (unpaired) electrons. The highest BCUT2D eigenvalue weighted by atomic mass is 16.5. The topological polar surface area (TPSA) is 39.1 Å². The molecule has 1 fully saturated rings. The van der Waals surface area contributed by atoms with Gasteiger partial charge in [0, 0.05) is 38.5 Å². The van der Waals surface area contributed by atoms with Gasteiger partial charge in [-0.1, -0.05) is 0 Å². The largest absolute Gasteiger partial charge is 0.381 e. The molecule has 2 heterocycles. The molecule has 0 amide bonds. The Hall–Kier alpha value is -0.870. The van der Waals surface area contributed by atoms with Crippen LogP contribution in [-0.2, 0) is 18.3 Å². The summed E-state index contributed by atoms with van der Waals surface area (Å²) in [5.74, 6) is 0.690. The Morgan fingerprint density at radius 2 is 2.60 bits per heavy atom. The van der Waals surface area contributed by atoms with Gasteiger partial charge in [0.05, 0.1) is 12.8 Å². The summed E-state index contributed by atoms with van der Waals surface area (Å²) >= 11 is 0. The lowest BCUT2D eigenvalue weighted by atomic mass is 10.0. The van der Waals surface area contributed by atoms with Crippen LogP contribution in [0.3, 0.4) is 0 Å². The molecule has 1 atom stereocenters. The molecular weight excluding hydrogens is 190 g/mol. The van der Waals surface area contributed by atoms with Crippen molar-refractivity contribution in [1.82, 2.24) is 15.1 Å². The van der Waals surface area contributed by atoms with Crippen molar-refractivity contribution >= 4 is 0 Å². The predicted octanol–water partition coefficient (Wildman–Crippen LogP) is 0.936. The highest BCUT2D eigenvalue weighted by Crippen LogP contribution is 2.12. The second kappa shape index (κ2) is 5.28. The quantitative estimate of drug-likeness (QED) is 0.802. The van der Waals surface area contributed by atoms with Crippen LogP contribution in [0.25, 0.3) is 0 Å². The lowest BCUT2D eigenvalue weighted by Crippen LogP contribution is -2.28. The second-order valence-corrected chi connectivity index (χ2v) is 4.24. The minimum atomic E-state index is 0.690. The van der Waals surface area contributed by atoms with Crippen LogP contribution < -0.4 is 5.32 Å². The van der Waals surface area contributed by atoms with Gasteiger partial charge in [-0.05, 0) is 18.8 Å². The maximum atomic E-state index is 5.43. The third-order valence-corrected chi connectivity index (χ3v) is 2.78. The second-order valence-electron chi connectivity index (χ2n) is 4.24. The van der Waals surface area contributed by atoms with Gasteiger partial charge >= 0.3 is 0 Å². The Bertz CT molecular complexity index is 292. The van der Waals surface area contributed by atoms with Crippen LogP contribution in [0.1, 0.15) is 18.4 Å². The van der Waals surface area contributed by atoms with Crippen molar-refractivity contribution in [3.63, 3.8) is 0 Å². The minimum absolute atomic E-state index is 0.690. The van der Waals surface area contributed by atoms with Crippen molar-refractivity contribution in [3.05, 3.63) is 18.0 Å². The number of hydrogen-bond acceptors (Lipinski definition) is 3. The zero-order valence-corrected chi connectivity index (χ0v) is 9.28. The summed E-state index contributed by atoms with van der Waals surface area (Å²) in [6, 6.07) is 0. The van der Waals surface area contributed by atoms with E-state index in [1.54, 1.807) is 0 Å². The number of aryl methyl sites for hydroxylation is 1. The number of ether oxygens (including phenoxy) is 1. The van der Waals surface area contributed by atoms with Crippen LogP contribution >= 0.6 is 0 Å². The van der Waals surface area contributed by atoms with Gasteiger partial charge in [0.15, 0.2) is 0 Å². The molecule has 4 heteroatoms. The minimum Gasteiger partial charge on any atom is -0.381 e. The van der Waals surface area contributed by atoms with Crippen molar-refractivity contribution in [3.8, 4) is 0 Å². The van der Waals surface area contributed by atoms with Gasteiger partial charge in [0.2, 0.25) is 0 Å². The summed E-state index contributed by atoms with van der Waals surface area (Å²) in [4.78, 5) is 0. The molecule has 1 aliphatic heterocycles. The molecule has 0 bridgehead atoms. The molecule has 1 unspecified atom stereocenters. The van der Waals surface area contributed by atoms with Crippen LogP contribution in [0.5, 0.6) is 0 Å². The Morgan fingerprint density at radius 1 is 1.67 bits per heavy atom. The normalized spacial score (nSPS) is 21.8. The summed E-state index contributed by atoms with van der Waals surface area (Å²) in [5, 5.41) is 7.59. The van der Waals surface area contributed by atoms with Crippen molar-refractivity contribution in [2.45, 2.75) is 19.4 Å². The zero-order chi connectivity index (χ0) is 10.5. The molecule has 4 nitrogen and oxygen atoms in total. The first-order valence-corrected chi connectivity index (χ1v) is 5.60. The van der Waals surface area contributed by atoms with Crippen molar-refractivity contribution in [2.75, 3.05) is 19.8 Å². The van der Waals surface area contributed by atoms with Crippen LogP contribution in [-0.4, -0.2) is 29.5 Å². The van der Waals surface area contributed by atoms with E-state index in [9.17, 15) is 0 Å². The smallest absolute Gasteiger partial charge is 0.0534 e. The molecule has 0 saturated carbocycles. The van der Waals surface area contributed by atoms with E-state index in [0.717, 1.165) is 26.3 Å². The van der Waals surface area contributed by atoms with E-state index in [2.05, 4.69) is 10.4 Å². The molecule has 1 aliphatic rings. The van der Waals surface area contributed by atoms with Gasteiger partial charge in [0.1, 0.15) is 0 Å². The molecule has 1 saturated heterocycles. The lowest BCUT2D eigenvalue weighted by molar-refractivity contribution is 0.0547. The summed E-state index contributed by atoms with van der Waals surface area (Å²) in [5.41, 5.74) is 1.24. The van der Waals surface area contributed by atoms with E-state index in [1.807, 2.05) is 24.1 Å². The first-order valence-electron chi connectivity index (χ1n) is 5.60. The average molecular weight is 209 g/mol. The number of rotatable bonds is 4. The van der Waals surface area contributed by atoms with Crippen LogP contribution in [0.15, 0.2) is 12.4 Å². The summed E-state index contributed by atoms with van der Waals surface area (Å²) in [7, 11) is 1.94. The first-order chi connectivity index (χ1) is 7.34. The highest BCUT2D eigenvalue weighted by Gasteiger charge is 2.12. The standard InChI is InChI=1S/C11H19N3O/c1-14-8-11(7-13-14)6-12-5-10-3-2-4-15-9-10/h7-8,10,12H,2-6,9H2,1H3. The van der Waals surface area contributed by atoms with Crippen LogP contribution in [0.2, 0.25) is 0 Å². The monoisotopic (exact) mass is 209 g/mol. The molecule has 1 N–H and O–H groups in total. The predicted molar refractivity (Wildman–Crippen MR) is 58.5 cm³/mol. The van der Waals surface area contributed by atoms with E-state index in [0.29, 0.717) is 5.92 Å². The summed E-state index contributed by atoms with van der Waals surface area (Å²) in [6.45, 7) is 3.82. The third-order valence-electron chi connectivity index (χ3n) is 2.78. The number of aromatic nitrogens is 2. The van der Waals surface area contributed by atoms with Gasteiger partial charge < -0.3 is 10.1 Å². The SMILES string of the molecule is Cn1cc(CNCC2CCCOC2)cn1. The van der Waals surface area contributed by atoms with Gasteiger partial charge in [-0.25, -0.2) is 0 Å². The molecule has 1 aromatic rings. The Kier molecular flexibility index (Phi) is 3.75. The Balaban J connectivity index is 1.65. The molecule has 2 rings (SSSR count). The van der Waals surface area contributed by atoms with E-state index < -0.39 is 0 Å². The zero-order valence-electron chi connectivity index (χ0n) is 9.28. The van der Waals surface area contributed by atoms with E-state index in [1.165, 1.54) is 18.4 Å². The lowest BCUT2D eigenvalue weighted by Gasteiger charge is -2.22. The number of nitrogens with zero attached hydrogens (tertiary/aromatic N) is 2. The molecule has 0 aliphatic carbocycles. The first kappa shape index (κ1) is 10.6. The van der Waals surface area contributed by atoms with Crippen molar-refractivity contribution in [2.24, 2.45) is 13.0 Å². The maximum absolute atomic E-state index is 5.43. The fourth-order valence-corrected chi connectivity index (χ4v) is 1.95. The molecule has 84 valence electrons. The van der Waals surface area contributed by atoms with Crippen molar-refractivity contribution < 1.29 is 4.74 Å². The summed E-state index contributed by atoms with van der Waals surface area (Å²) < 4.78 is 7.27. The van der Waals surface area contributed by atoms with Crippen molar-refractivity contribution in [1.29, 1.82) is 0 Å². The fraction of sp³-hybridized carbons (Fsp3) is 0.727. The maximum Gasteiger partial charge on any atom is 0.0534 e. The van der Waals surface area contributed by atoms with E-state index in [-0.39, 0.29) is 0 Å². The number of hydrogen-bond donors (Lipinski definition) is 1. The molecular formula is C11H19N3O. The highest BCUT2D eigenvalue weighted by molar-refractivity contribution is 5.02. The Morgan fingerprint density at radius 3 is 3.27 bits per heavy atom. The van der Waals surface area contributed by atoms with Gasteiger partial charge in [0.25, 0.3) is 0 Å². The summed E-state index contributed by atoms with van der Waals surface area (Å²) in [6.07, 6.45) is 6.45. The third kappa shape index (κ3) is 3.32. The molecule has 15 heavy (non-hydrogen) atoms. The fourth-order valence-electron chi connectivity index (χ4n) is 1.95. The van der Waals surface area contributed by atoms with Gasteiger partial charge in [-0.15, -0.1) is 0 Å². The van der Waals surface area contributed by atoms with Crippen LogP contribution in [0.4, 0.5) is 0 Å². The average Bonchev–Trinajstić information content (AvgIpc) is 2.66. The Labute approximate surface area is 90.6 Å². The molecule has 0 aromatic carbocycles. The van der Waals surface area contributed by atoms with Crippen LogP contribution in [0, 0.1) is 5.92 Å². The van der Waals surface area contributed by atoms with Gasteiger partial charge in [-0.3, -0.25) is 4.68 Å². The molecule has 0 spiro atoms. The molecule has 1 aromatic heterocycles.